The van der Waals surface area contributed by atoms with E-state index in [2.05, 4.69) is 34.7 Å². The average molecular weight is 315 g/mol. The van der Waals surface area contributed by atoms with Gasteiger partial charge in [0.05, 0.1) is 23.4 Å². The molecule has 0 amide bonds. The first-order valence-corrected chi connectivity index (χ1v) is 8.42. The molecule has 0 bridgehead atoms. The summed E-state index contributed by atoms with van der Waals surface area (Å²) in [5.74, 6) is 0.860. The quantitative estimate of drug-likeness (QED) is 0.717. The second kappa shape index (κ2) is 9.19. The number of benzene rings is 1. The van der Waals surface area contributed by atoms with Crippen molar-refractivity contribution < 1.29 is 4.74 Å². The fourth-order valence-electron chi connectivity index (χ4n) is 2.01. The number of rotatable bonds is 9. The van der Waals surface area contributed by atoms with E-state index in [1.807, 2.05) is 18.2 Å². The van der Waals surface area contributed by atoms with Crippen LogP contribution in [0, 0.1) is 11.3 Å². The Kier molecular flexibility index (Phi) is 6.88. The highest BCUT2D eigenvalue weighted by Crippen LogP contribution is 2.14. The first-order chi connectivity index (χ1) is 10.8. The maximum atomic E-state index is 8.50. The molecule has 116 valence electrons. The van der Waals surface area contributed by atoms with E-state index in [0.29, 0.717) is 13.0 Å². The van der Waals surface area contributed by atoms with E-state index in [0.717, 1.165) is 37.4 Å². The molecule has 0 aliphatic heterocycles. The Hall–Kier alpha value is -1.90. The van der Waals surface area contributed by atoms with Gasteiger partial charge >= 0.3 is 0 Å². The summed E-state index contributed by atoms with van der Waals surface area (Å²) in [6.07, 6.45) is 2.30. The van der Waals surface area contributed by atoms with Crippen molar-refractivity contribution in [2.24, 2.45) is 0 Å². The summed E-state index contributed by atoms with van der Waals surface area (Å²) in [6.45, 7) is 4.28. The normalized spacial score (nSPS) is 10.4. The molecule has 0 aliphatic carbocycles. The molecule has 22 heavy (non-hydrogen) atoms. The Balaban J connectivity index is 1.76. The predicted octanol–water partition coefficient (Wildman–Crippen LogP) is 3.68. The van der Waals surface area contributed by atoms with Gasteiger partial charge in [0.1, 0.15) is 5.75 Å². The van der Waals surface area contributed by atoms with Crippen LogP contribution < -0.4 is 10.1 Å². The van der Waals surface area contributed by atoms with Crippen molar-refractivity contribution >= 4 is 11.3 Å². The van der Waals surface area contributed by atoms with Crippen LogP contribution in [0.1, 0.15) is 36.0 Å². The first-order valence-electron chi connectivity index (χ1n) is 7.54. The molecule has 0 saturated heterocycles. The van der Waals surface area contributed by atoms with E-state index in [1.165, 1.54) is 10.6 Å². The van der Waals surface area contributed by atoms with Crippen LogP contribution in [0.25, 0.3) is 0 Å². The van der Waals surface area contributed by atoms with Crippen LogP contribution in [0.15, 0.2) is 29.6 Å². The number of aryl methyl sites for hydroxylation is 1. The molecule has 0 aliphatic rings. The lowest BCUT2D eigenvalue weighted by Crippen LogP contribution is -2.13. The van der Waals surface area contributed by atoms with E-state index in [-0.39, 0.29) is 0 Å². The van der Waals surface area contributed by atoms with Crippen LogP contribution in [0.4, 0.5) is 0 Å². The molecular weight excluding hydrogens is 294 g/mol. The topological polar surface area (TPSA) is 57.9 Å². The highest BCUT2D eigenvalue weighted by molar-refractivity contribution is 7.09. The zero-order chi connectivity index (χ0) is 15.6. The van der Waals surface area contributed by atoms with Crippen molar-refractivity contribution in [3.8, 4) is 11.8 Å². The van der Waals surface area contributed by atoms with Crippen molar-refractivity contribution in [3.05, 3.63) is 45.9 Å². The van der Waals surface area contributed by atoms with Crippen molar-refractivity contribution in [3.63, 3.8) is 0 Å². The molecule has 0 radical (unpaired) electrons. The van der Waals surface area contributed by atoms with E-state index < -0.39 is 0 Å². The summed E-state index contributed by atoms with van der Waals surface area (Å²) in [5.41, 5.74) is 2.29. The molecule has 0 fully saturated rings. The molecule has 0 atom stereocenters. The number of hydrogen-bond acceptors (Lipinski definition) is 5. The lowest BCUT2D eigenvalue weighted by Gasteiger charge is -2.08. The van der Waals surface area contributed by atoms with Gasteiger partial charge in [-0.1, -0.05) is 19.1 Å². The van der Waals surface area contributed by atoms with Gasteiger partial charge in [-0.15, -0.1) is 11.3 Å². The number of hydrogen-bond donors (Lipinski definition) is 1. The van der Waals surface area contributed by atoms with Gasteiger partial charge in [-0.25, -0.2) is 4.98 Å². The Morgan fingerprint density at radius 2 is 2.27 bits per heavy atom. The summed E-state index contributed by atoms with van der Waals surface area (Å²) in [7, 11) is 0. The zero-order valence-corrected chi connectivity index (χ0v) is 13.7. The molecule has 1 heterocycles. The lowest BCUT2D eigenvalue weighted by molar-refractivity contribution is 0.312. The number of thiazole rings is 1. The van der Waals surface area contributed by atoms with E-state index >= 15 is 0 Å². The Morgan fingerprint density at radius 3 is 3.05 bits per heavy atom. The summed E-state index contributed by atoms with van der Waals surface area (Å²) in [4.78, 5) is 4.54. The molecule has 2 rings (SSSR count). The van der Waals surface area contributed by atoms with Crippen LogP contribution >= 0.6 is 11.3 Å². The fourth-order valence-corrected chi connectivity index (χ4v) is 2.76. The summed E-state index contributed by atoms with van der Waals surface area (Å²) in [5, 5.41) is 15.2. The van der Waals surface area contributed by atoms with Crippen molar-refractivity contribution in [1.82, 2.24) is 10.3 Å². The maximum Gasteiger partial charge on any atom is 0.119 e. The third-order valence-electron chi connectivity index (χ3n) is 3.14. The van der Waals surface area contributed by atoms with Gasteiger partial charge in [-0.05, 0) is 30.5 Å². The van der Waals surface area contributed by atoms with E-state index in [4.69, 9.17) is 10.00 Å². The highest BCUT2D eigenvalue weighted by Gasteiger charge is 2.01. The number of nitriles is 1. The summed E-state index contributed by atoms with van der Waals surface area (Å²) in [6, 6.07) is 10.2. The van der Waals surface area contributed by atoms with Crippen molar-refractivity contribution in [2.75, 3.05) is 6.61 Å². The fraction of sp³-hybridized carbons (Fsp3) is 0.412. The number of nitrogens with zero attached hydrogens (tertiary/aromatic N) is 2. The number of unbranched alkanes of at least 4 members (excludes halogenated alkanes) is 1. The molecule has 1 aromatic heterocycles. The minimum Gasteiger partial charge on any atom is -0.494 e. The molecule has 2 aromatic rings. The summed E-state index contributed by atoms with van der Waals surface area (Å²) >= 11 is 1.72. The Bertz CT molecular complexity index is 618. The van der Waals surface area contributed by atoms with Crippen LogP contribution in [-0.2, 0) is 19.5 Å². The average Bonchev–Trinajstić information content (AvgIpc) is 3.00. The second-order valence-corrected chi connectivity index (χ2v) is 5.89. The minimum absolute atomic E-state index is 0.536. The molecule has 1 N–H and O–H groups in total. The van der Waals surface area contributed by atoms with Crippen LogP contribution in [-0.4, -0.2) is 11.6 Å². The monoisotopic (exact) mass is 315 g/mol. The zero-order valence-electron chi connectivity index (χ0n) is 12.8. The molecule has 0 unspecified atom stereocenters. The van der Waals surface area contributed by atoms with Gasteiger partial charge in [-0.3, -0.25) is 0 Å². The Labute approximate surface area is 135 Å². The second-order valence-electron chi connectivity index (χ2n) is 4.95. The number of aromatic nitrogens is 1. The van der Waals surface area contributed by atoms with Gasteiger partial charge in [0.15, 0.2) is 0 Å². The largest absolute Gasteiger partial charge is 0.494 e. The minimum atomic E-state index is 0.536. The van der Waals surface area contributed by atoms with Gasteiger partial charge in [-0.2, -0.15) is 5.26 Å². The molecule has 1 aromatic carbocycles. The highest BCUT2D eigenvalue weighted by atomic mass is 32.1. The third kappa shape index (κ3) is 5.47. The molecule has 4 nitrogen and oxygen atoms in total. The number of ether oxygens (including phenoxy) is 1. The van der Waals surface area contributed by atoms with E-state index in [1.54, 1.807) is 11.3 Å². The van der Waals surface area contributed by atoms with Gasteiger partial charge in [0.2, 0.25) is 0 Å². The first kappa shape index (κ1) is 16.5. The van der Waals surface area contributed by atoms with Crippen molar-refractivity contribution in [1.29, 1.82) is 5.26 Å². The smallest absolute Gasteiger partial charge is 0.119 e. The van der Waals surface area contributed by atoms with Crippen LogP contribution in [0.5, 0.6) is 5.75 Å². The standard InChI is InChI=1S/C17H21N3OS/c1-2-17-20-15(13-22-17)12-19-11-14-6-5-7-16(10-14)21-9-4-3-8-18/h5-7,10,13,19H,2-4,9,11-12H2,1H3. The summed E-state index contributed by atoms with van der Waals surface area (Å²) < 4.78 is 5.64. The molecular formula is C17H21N3OS. The predicted molar refractivity (Wildman–Crippen MR) is 88.8 cm³/mol. The van der Waals surface area contributed by atoms with Crippen LogP contribution in [0.3, 0.4) is 0 Å². The number of nitrogens with one attached hydrogen (secondary N) is 1. The Morgan fingerprint density at radius 1 is 1.36 bits per heavy atom. The van der Waals surface area contributed by atoms with Gasteiger partial charge in [0, 0.05) is 24.9 Å². The van der Waals surface area contributed by atoms with E-state index in [9.17, 15) is 0 Å². The molecule has 5 heteroatoms. The lowest BCUT2D eigenvalue weighted by atomic mass is 10.2. The molecule has 0 saturated carbocycles. The third-order valence-corrected chi connectivity index (χ3v) is 4.18. The van der Waals surface area contributed by atoms with Crippen molar-refractivity contribution in [2.45, 2.75) is 39.3 Å². The van der Waals surface area contributed by atoms with Gasteiger partial charge < -0.3 is 10.1 Å². The van der Waals surface area contributed by atoms with Crippen LogP contribution in [0.2, 0.25) is 0 Å². The maximum absolute atomic E-state index is 8.50. The van der Waals surface area contributed by atoms with Gasteiger partial charge in [0.25, 0.3) is 0 Å². The molecule has 0 spiro atoms. The SMILES string of the molecule is CCc1nc(CNCc2cccc(OCCCC#N)c2)cs1.